The fraction of sp³-hybridized carbons (Fsp3) is 0.0625. The third kappa shape index (κ3) is 3.53. The highest BCUT2D eigenvalue weighted by Gasteiger charge is 2.14. The van der Waals surface area contributed by atoms with E-state index in [0.717, 1.165) is 11.3 Å². The molecule has 0 fully saturated rings. The molecule has 0 aliphatic carbocycles. The first-order valence-electron chi connectivity index (χ1n) is 6.35. The van der Waals surface area contributed by atoms with Crippen LogP contribution in [0.3, 0.4) is 0 Å². The summed E-state index contributed by atoms with van der Waals surface area (Å²) >= 11 is 0. The van der Waals surface area contributed by atoms with Crippen molar-refractivity contribution < 1.29 is 4.74 Å². The minimum Gasteiger partial charge on any atom is -0.457 e. The highest BCUT2D eigenvalue weighted by molar-refractivity contribution is 5.40. The van der Waals surface area contributed by atoms with Gasteiger partial charge in [0.1, 0.15) is 23.4 Å². The van der Waals surface area contributed by atoms with Crippen molar-refractivity contribution in [2.45, 2.75) is 6.04 Å². The standard InChI is InChI=1S/C16H16N4O/c17-10-14(16(19)20)15(18)11-6-8-13(9-7-11)21-12-4-2-1-3-5-12/h1-9,15H,18-20H2. The molecule has 0 saturated heterocycles. The highest BCUT2D eigenvalue weighted by Crippen LogP contribution is 2.25. The average molecular weight is 280 g/mol. The molecule has 106 valence electrons. The summed E-state index contributed by atoms with van der Waals surface area (Å²) in [6, 6.07) is 17.8. The van der Waals surface area contributed by atoms with Crippen LogP contribution in [0.1, 0.15) is 11.6 Å². The maximum atomic E-state index is 9.01. The number of para-hydroxylation sites is 1. The van der Waals surface area contributed by atoms with E-state index in [4.69, 9.17) is 27.2 Å². The number of nitrogens with zero attached hydrogens (tertiary/aromatic N) is 1. The summed E-state index contributed by atoms with van der Waals surface area (Å²) in [5.74, 6) is 1.37. The van der Waals surface area contributed by atoms with Crippen molar-refractivity contribution in [3.63, 3.8) is 0 Å². The molecule has 0 aliphatic rings. The van der Waals surface area contributed by atoms with E-state index < -0.39 is 6.04 Å². The Labute approximate surface area is 123 Å². The number of ether oxygens (including phenoxy) is 1. The predicted octanol–water partition coefficient (Wildman–Crippen LogP) is 2.13. The van der Waals surface area contributed by atoms with Crippen molar-refractivity contribution in [3.8, 4) is 17.6 Å². The molecule has 1 atom stereocenters. The third-order valence-electron chi connectivity index (χ3n) is 2.96. The number of rotatable bonds is 4. The molecule has 0 radical (unpaired) electrons. The quantitative estimate of drug-likeness (QED) is 0.743. The maximum absolute atomic E-state index is 9.01. The van der Waals surface area contributed by atoms with E-state index in [1.54, 1.807) is 24.3 Å². The van der Waals surface area contributed by atoms with Gasteiger partial charge in [-0.3, -0.25) is 0 Å². The van der Waals surface area contributed by atoms with Crippen molar-refractivity contribution in [2.75, 3.05) is 0 Å². The molecule has 5 heteroatoms. The van der Waals surface area contributed by atoms with Crippen LogP contribution in [-0.4, -0.2) is 0 Å². The SMILES string of the molecule is N#CC(=C(N)N)C(N)c1ccc(Oc2ccccc2)cc1. The molecular formula is C16H16N4O. The number of hydrogen-bond acceptors (Lipinski definition) is 5. The molecule has 2 aromatic rings. The minimum absolute atomic E-state index is 0.0605. The largest absolute Gasteiger partial charge is 0.457 e. The molecule has 0 aromatic heterocycles. The van der Waals surface area contributed by atoms with Gasteiger partial charge in [0.25, 0.3) is 0 Å². The maximum Gasteiger partial charge on any atom is 0.127 e. The van der Waals surface area contributed by atoms with Crippen molar-refractivity contribution >= 4 is 0 Å². The molecule has 0 spiro atoms. The van der Waals surface area contributed by atoms with Crippen LogP contribution in [0.25, 0.3) is 0 Å². The van der Waals surface area contributed by atoms with Gasteiger partial charge in [-0.2, -0.15) is 5.26 Å². The fourth-order valence-electron chi connectivity index (χ4n) is 1.85. The van der Waals surface area contributed by atoms with Crippen LogP contribution < -0.4 is 21.9 Å². The fourth-order valence-corrected chi connectivity index (χ4v) is 1.85. The Morgan fingerprint density at radius 1 is 0.952 bits per heavy atom. The summed E-state index contributed by atoms with van der Waals surface area (Å²) in [6.45, 7) is 0. The molecule has 0 bridgehead atoms. The van der Waals surface area contributed by atoms with Crippen LogP contribution in [0, 0.1) is 11.3 Å². The summed E-state index contributed by atoms with van der Waals surface area (Å²) in [5.41, 5.74) is 17.8. The summed E-state index contributed by atoms with van der Waals surface area (Å²) in [4.78, 5) is 0. The Balaban J connectivity index is 2.16. The first kappa shape index (κ1) is 14.4. The highest BCUT2D eigenvalue weighted by atomic mass is 16.5. The van der Waals surface area contributed by atoms with Crippen LogP contribution in [0.15, 0.2) is 66.0 Å². The Morgan fingerprint density at radius 3 is 2.05 bits per heavy atom. The molecule has 0 aliphatic heterocycles. The molecular weight excluding hydrogens is 264 g/mol. The van der Waals surface area contributed by atoms with Crippen LogP contribution in [0.5, 0.6) is 11.5 Å². The normalized spacial score (nSPS) is 11.2. The summed E-state index contributed by atoms with van der Waals surface area (Å²) in [5, 5.41) is 9.01. The molecule has 0 amide bonds. The molecule has 5 nitrogen and oxygen atoms in total. The van der Waals surface area contributed by atoms with Gasteiger partial charge < -0.3 is 21.9 Å². The lowest BCUT2D eigenvalue weighted by Gasteiger charge is -2.13. The molecule has 6 N–H and O–H groups in total. The van der Waals surface area contributed by atoms with Gasteiger partial charge in [0, 0.05) is 0 Å². The van der Waals surface area contributed by atoms with Gasteiger partial charge in [0.05, 0.1) is 11.6 Å². The zero-order valence-electron chi connectivity index (χ0n) is 11.4. The lowest BCUT2D eigenvalue weighted by Crippen LogP contribution is -2.20. The van der Waals surface area contributed by atoms with Gasteiger partial charge in [-0.1, -0.05) is 30.3 Å². The molecule has 21 heavy (non-hydrogen) atoms. The average Bonchev–Trinajstić information content (AvgIpc) is 2.49. The summed E-state index contributed by atoms with van der Waals surface area (Å²) < 4.78 is 5.68. The number of nitrogens with two attached hydrogens (primary N) is 3. The molecule has 0 saturated carbocycles. The molecule has 1 unspecified atom stereocenters. The van der Waals surface area contributed by atoms with Crippen LogP contribution in [0.4, 0.5) is 0 Å². The van der Waals surface area contributed by atoms with E-state index >= 15 is 0 Å². The Kier molecular flexibility index (Phi) is 4.44. The van der Waals surface area contributed by atoms with Crippen LogP contribution in [-0.2, 0) is 0 Å². The molecule has 2 rings (SSSR count). The minimum atomic E-state index is -0.647. The van der Waals surface area contributed by atoms with Crippen molar-refractivity contribution in [3.05, 3.63) is 71.6 Å². The Bertz CT molecular complexity index is 668. The zero-order chi connectivity index (χ0) is 15.2. The topological polar surface area (TPSA) is 111 Å². The van der Waals surface area contributed by atoms with Gasteiger partial charge in [0.2, 0.25) is 0 Å². The lowest BCUT2D eigenvalue weighted by atomic mass is 10.0. The smallest absolute Gasteiger partial charge is 0.127 e. The third-order valence-corrected chi connectivity index (χ3v) is 2.96. The van der Waals surface area contributed by atoms with Gasteiger partial charge in [-0.25, -0.2) is 0 Å². The number of hydrogen-bond donors (Lipinski definition) is 3. The molecule has 2 aromatic carbocycles. The number of nitriles is 1. The Hall–Kier alpha value is -2.97. The second-order valence-corrected chi connectivity index (χ2v) is 4.44. The van der Waals surface area contributed by atoms with E-state index in [-0.39, 0.29) is 11.4 Å². The van der Waals surface area contributed by atoms with Gasteiger partial charge in [0.15, 0.2) is 0 Å². The van der Waals surface area contributed by atoms with Crippen LogP contribution >= 0.6 is 0 Å². The van der Waals surface area contributed by atoms with Crippen molar-refractivity contribution in [1.82, 2.24) is 0 Å². The second-order valence-electron chi connectivity index (χ2n) is 4.44. The summed E-state index contributed by atoms with van der Waals surface area (Å²) in [7, 11) is 0. The van der Waals surface area contributed by atoms with Crippen molar-refractivity contribution in [1.29, 1.82) is 5.26 Å². The summed E-state index contributed by atoms with van der Waals surface area (Å²) in [6.07, 6.45) is 0. The van der Waals surface area contributed by atoms with E-state index in [9.17, 15) is 0 Å². The zero-order valence-corrected chi connectivity index (χ0v) is 11.4. The van der Waals surface area contributed by atoms with E-state index in [1.807, 2.05) is 36.4 Å². The van der Waals surface area contributed by atoms with Crippen LogP contribution in [0.2, 0.25) is 0 Å². The van der Waals surface area contributed by atoms with Gasteiger partial charge >= 0.3 is 0 Å². The van der Waals surface area contributed by atoms with E-state index in [2.05, 4.69) is 0 Å². The first-order valence-corrected chi connectivity index (χ1v) is 6.35. The second kappa shape index (κ2) is 6.46. The van der Waals surface area contributed by atoms with Gasteiger partial charge in [-0.15, -0.1) is 0 Å². The monoisotopic (exact) mass is 280 g/mol. The lowest BCUT2D eigenvalue weighted by molar-refractivity contribution is 0.482. The molecule has 0 heterocycles. The van der Waals surface area contributed by atoms with E-state index in [0.29, 0.717) is 5.75 Å². The predicted molar refractivity (Wildman–Crippen MR) is 80.9 cm³/mol. The van der Waals surface area contributed by atoms with Crippen molar-refractivity contribution in [2.24, 2.45) is 17.2 Å². The number of benzene rings is 2. The van der Waals surface area contributed by atoms with E-state index in [1.165, 1.54) is 0 Å². The first-order chi connectivity index (χ1) is 10.1. The Morgan fingerprint density at radius 2 is 1.52 bits per heavy atom. The van der Waals surface area contributed by atoms with Gasteiger partial charge in [-0.05, 0) is 29.8 Å².